The van der Waals surface area contributed by atoms with Crippen molar-refractivity contribution in [3.8, 4) is 0 Å². The van der Waals surface area contributed by atoms with Crippen molar-refractivity contribution in [3.63, 3.8) is 0 Å². The lowest BCUT2D eigenvalue weighted by atomic mass is 9.94. The first-order valence-electron chi connectivity index (χ1n) is 5.84. The number of hydrogen-bond acceptors (Lipinski definition) is 3. The van der Waals surface area contributed by atoms with Crippen LogP contribution in [-0.2, 0) is 0 Å². The summed E-state index contributed by atoms with van der Waals surface area (Å²) in [5.74, 6) is 0.824. The maximum atomic E-state index is 9.55. The SMILES string of the molecule is CC(O)C(C)N1CC2CCCNC2C1. The lowest BCUT2D eigenvalue weighted by Crippen LogP contribution is -2.42. The number of nitrogens with one attached hydrogen (secondary N) is 1. The first-order valence-corrected chi connectivity index (χ1v) is 5.84. The minimum absolute atomic E-state index is 0.213. The second-order valence-corrected chi connectivity index (χ2v) is 4.90. The van der Waals surface area contributed by atoms with Gasteiger partial charge in [0, 0.05) is 25.2 Å². The van der Waals surface area contributed by atoms with Crippen LogP contribution in [0.5, 0.6) is 0 Å². The summed E-state index contributed by atoms with van der Waals surface area (Å²) in [6.45, 7) is 7.49. The molecule has 3 nitrogen and oxygen atoms in total. The molecule has 3 heteroatoms. The molecule has 0 aromatic heterocycles. The quantitative estimate of drug-likeness (QED) is 0.676. The molecule has 82 valence electrons. The van der Waals surface area contributed by atoms with Crippen LogP contribution in [0, 0.1) is 5.92 Å². The summed E-state index contributed by atoms with van der Waals surface area (Å²) in [5.41, 5.74) is 0. The van der Waals surface area contributed by atoms with Crippen molar-refractivity contribution < 1.29 is 5.11 Å². The van der Waals surface area contributed by atoms with Gasteiger partial charge in [-0.25, -0.2) is 0 Å². The fraction of sp³-hybridized carbons (Fsp3) is 1.00. The molecule has 2 saturated heterocycles. The minimum atomic E-state index is -0.213. The molecule has 0 amide bonds. The highest BCUT2D eigenvalue weighted by Gasteiger charge is 2.36. The summed E-state index contributed by atoms with van der Waals surface area (Å²) < 4.78 is 0. The number of rotatable bonds is 2. The number of likely N-dealkylation sites (tertiary alicyclic amines) is 1. The van der Waals surface area contributed by atoms with E-state index in [1.165, 1.54) is 25.9 Å². The van der Waals surface area contributed by atoms with Crippen molar-refractivity contribution in [2.24, 2.45) is 5.92 Å². The van der Waals surface area contributed by atoms with Crippen molar-refractivity contribution in [1.29, 1.82) is 0 Å². The molecule has 2 N–H and O–H groups in total. The first kappa shape index (κ1) is 10.4. The predicted octanol–water partition coefficient (Wildman–Crippen LogP) is 0.439. The first-order chi connectivity index (χ1) is 6.68. The third-order valence-electron chi connectivity index (χ3n) is 3.90. The van der Waals surface area contributed by atoms with Crippen LogP contribution in [0.2, 0.25) is 0 Å². The molecule has 0 spiro atoms. The number of aliphatic hydroxyl groups is 1. The monoisotopic (exact) mass is 198 g/mol. The molecular formula is C11H22N2O. The van der Waals surface area contributed by atoms with Gasteiger partial charge in [-0.3, -0.25) is 4.90 Å². The van der Waals surface area contributed by atoms with Gasteiger partial charge in [-0.15, -0.1) is 0 Å². The molecule has 0 radical (unpaired) electrons. The predicted molar refractivity (Wildman–Crippen MR) is 57.2 cm³/mol. The number of nitrogens with zero attached hydrogens (tertiary/aromatic N) is 1. The summed E-state index contributed by atoms with van der Waals surface area (Å²) >= 11 is 0. The molecule has 2 aliphatic heterocycles. The second-order valence-electron chi connectivity index (χ2n) is 4.90. The van der Waals surface area contributed by atoms with Gasteiger partial charge >= 0.3 is 0 Å². The van der Waals surface area contributed by atoms with Gasteiger partial charge in [0.25, 0.3) is 0 Å². The van der Waals surface area contributed by atoms with Crippen molar-refractivity contribution in [2.45, 2.75) is 44.9 Å². The number of fused-ring (bicyclic) bond motifs is 1. The van der Waals surface area contributed by atoms with Crippen LogP contribution in [0.3, 0.4) is 0 Å². The van der Waals surface area contributed by atoms with Gasteiger partial charge in [-0.1, -0.05) is 0 Å². The third kappa shape index (κ3) is 1.95. The van der Waals surface area contributed by atoms with Gasteiger partial charge < -0.3 is 10.4 Å². The molecule has 0 saturated carbocycles. The standard InChI is InChI=1S/C11H22N2O/c1-8(9(2)14)13-6-10-4-3-5-12-11(10)7-13/h8-12,14H,3-7H2,1-2H3. The van der Waals surface area contributed by atoms with Crippen molar-refractivity contribution in [3.05, 3.63) is 0 Å². The largest absolute Gasteiger partial charge is 0.392 e. The topological polar surface area (TPSA) is 35.5 Å². The Balaban J connectivity index is 1.92. The van der Waals surface area contributed by atoms with Crippen molar-refractivity contribution >= 4 is 0 Å². The molecule has 0 aromatic carbocycles. The maximum Gasteiger partial charge on any atom is 0.0664 e. The molecular weight excluding hydrogens is 176 g/mol. The second kappa shape index (κ2) is 4.17. The Morgan fingerprint density at radius 3 is 2.79 bits per heavy atom. The van der Waals surface area contributed by atoms with Gasteiger partial charge in [0.1, 0.15) is 0 Å². The smallest absolute Gasteiger partial charge is 0.0664 e. The molecule has 2 heterocycles. The van der Waals surface area contributed by atoms with E-state index in [0.717, 1.165) is 12.5 Å². The maximum absolute atomic E-state index is 9.55. The van der Waals surface area contributed by atoms with E-state index in [-0.39, 0.29) is 6.10 Å². The van der Waals surface area contributed by atoms with E-state index in [1.54, 1.807) is 0 Å². The zero-order valence-electron chi connectivity index (χ0n) is 9.24. The third-order valence-corrected chi connectivity index (χ3v) is 3.90. The van der Waals surface area contributed by atoms with Crippen molar-refractivity contribution in [1.82, 2.24) is 10.2 Å². The zero-order valence-corrected chi connectivity index (χ0v) is 9.24. The Hall–Kier alpha value is -0.120. The lowest BCUT2D eigenvalue weighted by molar-refractivity contribution is 0.0828. The van der Waals surface area contributed by atoms with Crippen molar-refractivity contribution in [2.75, 3.05) is 19.6 Å². The van der Waals surface area contributed by atoms with Crippen LogP contribution < -0.4 is 5.32 Å². The Morgan fingerprint density at radius 1 is 1.36 bits per heavy atom. The van der Waals surface area contributed by atoms with E-state index in [4.69, 9.17) is 0 Å². The number of aliphatic hydroxyl groups excluding tert-OH is 1. The molecule has 4 unspecified atom stereocenters. The highest BCUT2D eigenvalue weighted by atomic mass is 16.3. The van der Waals surface area contributed by atoms with Gasteiger partial charge in [0.15, 0.2) is 0 Å². The van der Waals surface area contributed by atoms with Crippen LogP contribution in [0.4, 0.5) is 0 Å². The molecule has 2 rings (SSSR count). The Kier molecular flexibility index (Phi) is 3.10. The van der Waals surface area contributed by atoms with Crippen LogP contribution >= 0.6 is 0 Å². The van der Waals surface area contributed by atoms with Gasteiger partial charge in [-0.2, -0.15) is 0 Å². The average Bonchev–Trinajstić information content (AvgIpc) is 2.59. The summed E-state index contributed by atoms with van der Waals surface area (Å²) in [4.78, 5) is 2.43. The van der Waals surface area contributed by atoms with E-state index < -0.39 is 0 Å². The fourth-order valence-electron chi connectivity index (χ4n) is 2.72. The summed E-state index contributed by atoms with van der Waals surface area (Å²) in [7, 11) is 0. The zero-order chi connectivity index (χ0) is 10.1. The molecule has 2 aliphatic rings. The van der Waals surface area contributed by atoms with E-state index in [2.05, 4.69) is 17.1 Å². The Morgan fingerprint density at radius 2 is 2.14 bits per heavy atom. The molecule has 0 aliphatic carbocycles. The normalized spacial score (nSPS) is 37.9. The van der Waals surface area contributed by atoms with Crippen LogP contribution in [-0.4, -0.2) is 47.8 Å². The minimum Gasteiger partial charge on any atom is -0.392 e. The van der Waals surface area contributed by atoms with E-state index in [1.807, 2.05) is 6.92 Å². The highest BCUT2D eigenvalue weighted by Crippen LogP contribution is 2.26. The van der Waals surface area contributed by atoms with Gasteiger partial charge in [0.2, 0.25) is 0 Å². The summed E-state index contributed by atoms with van der Waals surface area (Å²) in [6.07, 6.45) is 2.47. The molecule has 14 heavy (non-hydrogen) atoms. The van der Waals surface area contributed by atoms with Crippen LogP contribution in [0.1, 0.15) is 26.7 Å². The molecule has 2 fully saturated rings. The molecule has 0 bridgehead atoms. The Bertz CT molecular complexity index is 182. The molecule has 4 atom stereocenters. The number of piperidine rings is 1. The van der Waals surface area contributed by atoms with E-state index in [0.29, 0.717) is 12.1 Å². The van der Waals surface area contributed by atoms with E-state index in [9.17, 15) is 5.11 Å². The fourth-order valence-corrected chi connectivity index (χ4v) is 2.72. The average molecular weight is 198 g/mol. The van der Waals surface area contributed by atoms with E-state index >= 15 is 0 Å². The van der Waals surface area contributed by atoms with Crippen LogP contribution in [0.25, 0.3) is 0 Å². The summed E-state index contributed by atoms with van der Waals surface area (Å²) in [5, 5.41) is 13.1. The molecule has 0 aromatic rings. The lowest BCUT2D eigenvalue weighted by Gasteiger charge is -2.26. The number of hydrogen-bond donors (Lipinski definition) is 2. The Labute approximate surface area is 86.5 Å². The summed E-state index contributed by atoms with van der Waals surface area (Å²) in [6, 6.07) is 0.993. The van der Waals surface area contributed by atoms with Gasteiger partial charge in [0.05, 0.1) is 6.10 Å². The van der Waals surface area contributed by atoms with Gasteiger partial charge in [-0.05, 0) is 39.2 Å². The highest BCUT2D eigenvalue weighted by molar-refractivity contribution is 4.94. The van der Waals surface area contributed by atoms with Crippen LogP contribution in [0.15, 0.2) is 0 Å².